The van der Waals surface area contributed by atoms with Gasteiger partial charge in [-0.2, -0.15) is 0 Å². The number of nitrogens with two attached hydrogens (primary N) is 1. The molecule has 3 N–H and O–H groups in total. The third kappa shape index (κ3) is 2.98. The average molecular weight is 365 g/mol. The van der Waals surface area contributed by atoms with E-state index in [4.69, 9.17) is 22.7 Å². The maximum atomic E-state index is 5.70. The molecule has 21 heavy (non-hydrogen) atoms. The number of hydrogen-bond donors (Lipinski definition) is 2. The van der Waals surface area contributed by atoms with E-state index in [1.165, 1.54) is 5.56 Å². The SMILES string of the molecule is NC(=S)c1nccnc1NCc1cc(Br)cc2c1OCC2. The zero-order valence-corrected chi connectivity index (χ0v) is 13.5. The molecule has 0 atom stereocenters. The van der Waals surface area contributed by atoms with E-state index in [0.29, 0.717) is 18.1 Å². The van der Waals surface area contributed by atoms with E-state index in [1.807, 2.05) is 6.07 Å². The number of nitrogens with zero attached hydrogens (tertiary/aromatic N) is 2. The summed E-state index contributed by atoms with van der Waals surface area (Å²) in [5.74, 6) is 1.53. The molecule has 0 aliphatic carbocycles. The standard InChI is InChI=1S/C14H13BrN4OS/c15-10-5-8-1-4-20-12(8)9(6-10)7-19-14-11(13(16)21)17-2-3-18-14/h2-3,5-6H,1,4,7H2,(H2,16,21)(H,18,19). The molecule has 2 heterocycles. The monoisotopic (exact) mass is 364 g/mol. The predicted molar refractivity (Wildman–Crippen MR) is 88.6 cm³/mol. The number of anilines is 1. The predicted octanol–water partition coefficient (Wildman–Crippen LogP) is 2.42. The number of rotatable bonds is 4. The second kappa shape index (κ2) is 5.95. The summed E-state index contributed by atoms with van der Waals surface area (Å²) in [6, 6.07) is 4.13. The molecule has 1 aliphatic heterocycles. The third-order valence-corrected chi connectivity index (χ3v) is 3.85. The van der Waals surface area contributed by atoms with Crippen molar-refractivity contribution < 1.29 is 4.74 Å². The van der Waals surface area contributed by atoms with E-state index in [9.17, 15) is 0 Å². The fraction of sp³-hybridized carbons (Fsp3) is 0.214. The van der Waals surface area contributed by atoms with Gasteiger partial charge in [-0.25, -0.2) is 9.97 Å². The molecule has 7 heteroatoms. The summed E-state index contributed by atoms with van der Waals surface area (Å²) in [6.07, 6.45) is 4.11. The second-order valence-electron chi connectivity index (χ2n) is 4.62. The van der Waals surface area contributed by atoms with E-state index in [-0.39, 0.29) is 4.99 Å². The molecule has 108 valence electrons. The number of hydrogen-bond acceptors (Lipinski definition) is 5. The molecule has 0 radical (unpaired) electrons. The van der Waals surface area contributed by atoms with Crippen LogP contribution in [0.15, 0.2) is 29.0 Å². The largest absolute Gasteiger partial charge is 0.493 e. The van der Waals surface area contributed by atoms with Gasteiger partial charge in [0, 0.05) is 35.4 Å². The normalized spacial score (nSPS) is 12.6. The van der Waals surface area contributed by atoms with Gasteiger partial charge in [0.05, 0.1) is 6.61 Å². The van der Waals surface area contributed by atoms with Crippen LogP contribution in [0.25, 0.3) is 0 Å². The molecule has 3 rings (SSSR count). The number of halogens is 1. The number of aromatic nitrogens is 2. The summed E-state index contributed by atoms with van der Waals surface area (Å²) in [6.45, 7) is 1.29. The van der Waals surface area contributed by atoms with Crippen LogP contribution in [0.3, 0.4) is 0 Å². The van der Waals surface area contributed by atoms with Gasteiger partial charge >= 0.3 is 0 Å². The Morgan fingerprint density at radius 2 is 2.19 bits per heavy atom. The molecule has 1 aromatic carbocycles. The molecule has 0 spiro atoms. The van der Waals surface area contributed by atoms with Crippen molar-refractivity contribution in [1.82, 2.24) is 9.97 Å². The zero-order chi connectivity index (χ0) is 14.8. The number of ether oxygens (including phenoxy) is 1. The number of thiocarbonyl (C=S) groups is 1. The van der Waals surface area contributed by atoms with Crippen molar-refractivity contribution in [2.75, 3.05) is 11.9 Å². The van der Waals surface area contributed by atoms with Gasteiger partial charge in [-0.3, -0.25) is 0 Å². The van der Waals surface area contributed by atoms with Gasteiger partial charge in [0.2, 0.25) is 0 Å². The van der Waals surface area contributed by atoms with E-state index >= 15 is 0 Å². The molecular weight excluding hydrogens is 352 g/mol. The lowest BCUT2D eigenvalue weighted by molar-refractivity contribution is 0.354. The average Bonchev–Trinajstić information content (AvgIpc) is 2.93. The highest BCUT2D eigenvalue weighted by Gasteiger charge is 2.18. The number of benzene rings is 1. The first kappa shape index (κ1) is 14.2. The molecule has 0 saturated carbocycles. The van der Waals surface area contributed by atoms with Crippen LogP contribution in [0.1, 0.15) is 16.8 Å². The smallest absolute Gasteiger partial charge is 0.155 e. The summed E-state index contributed by atoms with van der Waals surface area (Å²) in [7, 11) is 0. The van der Waals surface area contributed by atoms with E-state index < -0.39 is 0 Å². The first-order chi connectivity index (χ1) is 10.1. The van der Waals surface area contributed by atoms with Gasteiger partial charge in [-0.05, 0) is 17.7 Å². The highest BCUT2D eigenvalue weighted by molar-refractivity contribution is 9.10. The van der Waals surface area contributed by atoms with Gasteiger partial charge in [0.15, 0.2) is 5.82 Å². The molecule has 0 amide bonds. The molecule has 5 nitrogen and oxygen atoms in total. The molecule has 2 aromatic rings. The molecule has 1 aliphatic rings. The van der Waals surface area contributed by atoms with Crippen molar-refractivity contribution in [3.05, 3.63) is 45.8 Å². The Bertz CT molecular complexity index is 707. The lowest BCUT2D eigenvalue weighted by atomic mass is 10.1. The number of nitrogens with one attached hydrogen (secondary N) is 1. The molecule has 0 bridgehead atoms. The van der Waals surface area contributed by atoms with Crippen LogP contribution in [0, 0.1) is 0 Å². The van der Waals surface area contributed by atoms with Crippen molar-refractivity contribution in [2.45, 2.75) is 13.0 Å². The molecule has 1 aromatic heterocycles. The Hall–Kier alpha value is -1.73. The second-order valence-corrected chi connectivity index (χ2v) is 5.98. The molecular formula is C14H13BrN4OS. The van der Waals surface area contributed by atoms with E-state index in [2.05, 4.69) is 37.3 Å². The third-order valence-electron chi connectivity index (χ3n) is 3.20. The fourth-order valence-electron chi connectivity index (χ4n) is 2.30. The van der Waals surface area contributed by atoms with Crippen molar-refractivity contribution in [3.63, 3.8) is 0 Å². The minimum absolute atomic E-state index is 0.223. The van der Waals surface area contributed by atoms with Crippen LogP contribution in [0.4, 0.5) is 5.82 Å². The van der Waals surface area contributed by atoms with Gasteiger partial charge in [-0.1, -0.05) is 28.1 Å². The first-order valence-electron chi connectivity index (χ1n) is 6.44. The van der Waals surface area contributed by atoms with Gasteiger partial charge in [0.25, 0.3) is 0 Å². The van der Waals surface area contributed by atoms with Gasteiger partial charge in [0.1, 0.15) is 16.4 Å². The lowest BCUT2D eigenvalue weighted by Crippen LogP contribution is -2.16. The zero-order valence-electron chi connectivity index (χ0n) is 11.1. The lowest BCUT2D eigenvalue weighted by Gasteiger charge is -2.12. The van der Waals surface area contributed by atoms with Crippen molar-refractivity contribution >= 4 is 39.0 Å². The van der Waals surface area contributed by atoms with Crippen LogP contribution in [-0.2, 0) is 13.0 Å². The van der Waals surface area contributed by atoms with Crippen molar-refractivity contribution in [2.24, 2.45) is 5.73 Å². The summed E-state index contributed by atoms with van der Waals surface area (Å²) < 4.78 is 6.74. The topological polar surface area (TPSA) is 73.1 Å². The van der Waals surface area contributed by atoms with E-state index in [1.54, 1.807) is 12.4 Å². The summed E-state index contributed by atoms with van der Waals surface area (Å²) >= 11 is 8.51. The highest BCUT2D eigenvalue weighted by atomic mass is 79.9. The molecule has 0 unspecified atom stereocenters. The van der Waals surface area contributed by atoms with Crippen LogP contribution in [0.2, 0.25) is 0 Å². The van der Waals surface area contributed by atoms with Crippen LogP contribution in [0.5, 0.6) is 5.75 Å². The highest BCUT2D eigenvalue weighted by Crippen LogP contribution is 2.33. The van der Waals surface area contributed by atoms with Crippen LogP contribution >= 0.6 is 28.1 Å². The van der Waals surface area contributed by atoms with Gasteiger partial charge < -0.3 is 15.8 Å². The summed E-state index contributed by atoms with van der Waals surface area (Å²) in [5, 5.41) is 3.23. The van der Waals surface area contributed by atoms with Crippen molar-refractivity contribution in [3.8, 4) is 5.75 Å². The molecule has 0 fully saturated rings. The quantitative estimate of drug-likeness (QED) is 0.811. The molecule has 0 saturated heterocycles. The minimum Gasteiger partial charge on any atom is -0.493 e. The Morgan fingerprint density at radius 1 is 1.38 bits per heavy atom. The summed E-state index contributed by atoms with van der Waals surface area (Å²) in [4.78, 5) is 8.61. The fourth-order valence-corrected chi connectivity index (χ4v) is 3.01. The maximum Gasteiger partial charge on any atom is 0.155 e. The van der Waals surface area contributed by atoms with Gasteiger partial charge in [-0.15, -0.1) is 0 Å². The minimum atomic E-state index is 0.223. The Morgan fingerprint density at radius 3 is 3.00 bits per heavy atom. The Labute approximate surface area is 136 Å². The summed E-state index contributed by atoms with van der Waals surface area (Å²) in [5.41, 5.74) is 8.44. The van der Waals surface area contributed by atoms with Crippen LogP contribution in [-0.4, -0.2) is 21.6 Å². The Balaban J connectivity index is 1.85. The van der Waals surface area contributed by atoms with E-state index in [0.717, 1.165) is 28.8 Å². The first-order valence-corrected chi connectivity index (χ1v) is 7.64. The Kier molecular flexibility index (Phi) is 4.03. The maximum absolute atomic E-state index is 5.70. The number of fused-ring (bicyclic) bond motifs is 1. The van der Waals surface area contributed by atoms with Crippen LogP contribution < -0.4 is 15.8 Å². The van der Waals surface area contributed by atoms with Crippen molar-refractivity contribution in [1.29, 1.82) is 0 Å².